The van der Waals surface area contributed by atoms with Crippen molar-refractivity contribution in [2.45, 2.75) is 45.5 Å². The van der Waals surface area contributed by atoms with Crippen molar-refractivity contribution < 1.29 is 0 Å². The normalized spacial score (nSPS) is 17.7. The van der Waals surface area contributed by atoms with Gasteiger partial charge in [0.15, 0.2) is 0 Å². The minimum Gasteiger partial charge on any atom is -0.256 e. The molecular formula is C26H29NSi. The van der Waals surface area contributed by atoms with Crippen LogP contribution in [0.1, 0.15) is 31.9 Å². The predicted octanol–water partition coefficient (Wildman–Crippen LogP) is 7.22. The van der Waals surface area contributed by atoms with E-state index in [1.165, 1.54) is 39.3 Å². The molecule has 0 bridgehead atoms. The maximum Gasteiger partial charge on any atom is 0.0777 e. The lowest BCUT2D eigenvalue weighted by Crippen LogP contribution is -2.36. The molecule has 0 saturated heterocycles. The highest BCUT2D eigenvalue weighted by Gasteiger charge is 2.41. The van der Waals surface area contributed by atoms with E-state index < -0.39 is 8.07 Å². The highest BCUT2D eigenvalue weighted by Crippen LogP contribution is 2.52. The van der Waals surface area contributed by atoms with Crippen LogP contribution in [0.4, 0.5) is 0 Å². The quantitative estimate of drug-likeness (QED) is 0.433. The van der Waals surface area contributed by atoms with Gasteiger partial charge in [-0.1, -0.05) is 78.8 Å². The van der Waals surface area contributed by atoms with Crippen LogP contribution in [-0.4, -0.2) is 13.1 Å². The number of aromatic nitrogens is 1. The molecule has 3 aromatic rings. The molecule has 0 radical (unpaired) electrons. The Bertz CT molecular complexity index is 1080. The molecule has 1 heterocycles. The third-order valence-corrected chi connectivity index (χ3v) is 10.1. The van der Waals surface area contributed by atoms with E-state index in [4.69, 9.17) is 4.98 Å². The van der Waals surface area contributed by atoms with E-state index in [-0.39, 0.29) is 0 Å². The molecule has 28 heavy (non-hydrogen) atoms. The molecule has 0 amide bonds. The third-order valence-electron chi connectivity index (χ3n) is 6.49. The minimum atomic E-state index is -1.63. The van der Waals surface area contributed by atoms with Gasteiger partial charge < -0.3 is 0 Å². The van der Waals surface area contributed by atoms with Gasteiger partial charge >= 0.3 is 0 Å². The molecular weight excluding hydrogens is 354 g/mol. The number of hydrogen-bond donors (Lipinski definition) is 0. The molecule has 0 fully saturated rings. The second kappa shape index (κ2) is 7.18. The van der Waals surface area contributed by atoms with Gasteiger partial charge in [-0.15, -0.1) is 0 Å². The van der Waals surface area contributed by atoms with Crippen LogP contribution in [0.3, 0.4) is 0 Å². The first kappa shape index (κ1) is 18.9. The van der Waals surface area contributed by atoms with Crippen molar-refractivity contribution in [3.05, 3.63) is 94.7 Å². The molecule has 0 saturated carbocycles. The summed E-state index contributed by atoms with van der Waals surface area (Å²) in [6.07, 6.45) is 1.92. The molecule has 0 spiro atoms. The molecule has 0 N–H and O–H groups in total. The number of rotatable bonds is 4. The molecule has 1 nitrogen and oxygen atoms in total. The first-order valence-corrected chi connectivity index (χ1v) is 13.4. The van der Waals surface area contributed by atoms with E-state index in [1.54, 1.807) is 5.57 Å². The summed E-state index contributed by atoms with van der Waals surface area (Å²) in [7, 11) is -1.63. The molecule has 2 aromatic carbocycles. The fraction of sp³-hybridized carbons (Fsp3) is 0.269. The number of para-hydroxylation sites is 1. The van der Waals surface area contributed by atoms with Crippen molar-refractivity contribution in [2.75, 3.05) is 0 Å². The van der Waals surface area contributed by atoms with Crippen molar-refractivity contribution in [1.29, 1.82) is 0 Å². The number of hydrogen-bond acceptors (Lipinski definition) is 1. The highest BCUT2D eigenvalue weighted by molar-refractivity contribution is 6.81. The van der Waals surface area contributed by atoms with Crippen LogP contribution in [-0.2, 0) is 6.04 Å². The van der Waals surface area contributed by atoms with Crippen molar-refractivity contribution in [2.24, 2.45) is 0 Å². The summed E-state index contributed by atoms with van der Waals surface area (Å²) in [5.41, 5.74) is 10.5. The zero-order chi connectivity index (χ0) is 19.9. The van der Waals surface area contributed by atoms with Gasteiger partial charge in [0.05, 0.1) is 13.6 Å². The molecule has 0 aliphatic heterocycles. The Labute approximate surface area is 169 Å². The van der Waals surface area contributed by atoms with Gasteiger partial charge in [-0.2, -0.15) is 0 Å². The summed E-state index contributed by atoms with van der Waals surface area (Å²) < 4.78 is 0. The van der Waals surface area contributed by atoms with E-state index in [0.29, 0.717) is 5.54 Å². The predicted molar refractivity (Wildman–Crippen MR) is 124 cm³/mol. The topological polar surface area (TPSA) is 12.9 Å². The summed E-state index contributed by atoms with van der Waals surface area (Å²) in [4.78, 5) is 4.77. The number of pyridine rings is 1. The van der Waals surface area contributed by atoms with Crippen LogP contribution in [0, 0.1) is 0 Å². The third kappa shape index (κ3) is 3.16. The molecule has 1 aliphatic carbocycles. The van der Waals surface area contributed by atoms with Crippen molar-refractivity contribution >= 4 is 24.5 Å². The van der Waals surface area contributed by atoms with E-state index >= 15 is 0 Å². The fourth-order valence-corrected chi connectivity index (χ4v) is 9.06. The van der Waals surface area contributed by atoms with Crippen LogP contribution in [0.15, 0.2) is 83.6 Å². The monoisotopic (exact) mass is 383 g/mol. The highest BCUT2D eigenvalue weighted by atomic mass is 28.3. The standard InChI is InChI=1S/C26H29NSi/c1-18-19(2)24(23-15-9-13-22-14-10-16-27-25(22)23)26(20(18)3)28(4,5)17-21-11-7-6-8-12-21/h6-16,26H,17H2,1-5H3. The summed E-state index contributed by atoms with van der Waals surface area (Å²) in [5.74, 6) is 0. The van der Waals surface area contributed by atoms with Gasteiger partial charge in [-0.05, 0) is 49.6 Å². The molecule has 2 heteroatoms. The molecule has 1 aromatic heterocycles. The lowest BCUT2D eigenvalue weighted by molar-refractivity contribution is 1.11. The minimum absolute atomic E-state index is 0.528. The average Bonchev–Trinajstić information content (AvgIpc) is 2.92. The Morgan fingerprint density at radius 1 is 0.821 bits per heavy atom. The second-order valence-electron chi connectivity index (χ2n) is 8.81. The lowest BCUT2D eigenvalue weighted by Gasteiger charge is -2.34. The Morgan fingerprint density at radius 3 is 2.29 bits per heavy atom. The van der Waals surface area contributed by atoms with E-state index in [2.05, 4.69) is 88.5 Å². The number of benzene rings is 2. The maximum atomic E-state index is 4.77. The SMILES string of the molecule is CC1=C(C)C([Si](C)(C)Cc2ccccc2)C(c2cccc3cccnc23)=C1C. The van der Waals surface area contributed by atoms with Crippen LogP contribution >= 0.6 is 0 Å². The van der Waals surface area contributed by atoms with E-state index in [0.717, 1.165) is 5.52 Å². The van der Waals surface area contributed by atoms with Crippen molar-refractivity contribution in [3.63, 3.8) is 0 Å². The molecule has 142 valence electrons. The zero-order valence-electron chi connectivity index (χ0n) is 17.6. The summed E-state index contributed by atoms with van der Waals surface area (Å²) in [6, 6.07) is 23.0. The van der Waals surface area contributed by atoms with Gasteiger partial charge in [0.1, 0.15) is 0 Å². The van der Waals surface area contributed by atoms with Crippen LogP contribution < -0.4 is 0 Å². The smallest absolute Gasteiger partial charge is 0.0777 e. The summed E-state index contributed by atoms with van der Waals surface area (Å²) in [5, 5.41) is 1.23. The number of nitrogens with zero attached hydrogens (tertiary/aromatic N) is 1. The molecule has 4 rings (SSSR count). The van der Waals surface area contributed by atoms with Crippen molar-refractivity contribution in [3.8, 4) is 0 Å². The summed E-state index contributed by atoms with van der Waals surface area (Å²) >= 11 is 0. The van der Waals surface area contributed by atoms with Gasteiger partial charge in [0, 0.05) is 22.7 Å². The lowest BCUT2D eigenvalue weighted by atomic mass is 9.97. The van der Waals surface area contributed by atoms with Gasteiger partial charge in [-0.3, -0.25) is 4.98 Å². The Hall–Kier alpha value is -2.45. The largest absolute Gasteiger partial charge is 0.256 e. The molecule has 1 aliphatic rings. The van der Waals surface area contributed by atoms with E-state index in [9.17, 15) is 0 Å². The van der Waals surface area contributed by atoms with Gasteiger partial charge in [0.2, 0.25) is 0 Å². The number of allylic oxidation sites excluding steroid dienone is 4. The van der Waals surface area contributed by atoms with Crippen LogP contribution in [0.5, 0.6) is 0 Å². The number of fused-ring (bicyclic) bond motifs is 1. The van der Waals surface area contributed by atoms with Crippen molar-refractivity contribution in [1.82, 2.24) is 4.98 Å². The zero-order valence-corrected chi connectivity index (χ0v) is 18.6. The Morgan fingerprint density at radius 2 is 1.54 bits per heavy atom. The molecule has 1 atom stereocenters. The van der Waals surface area contributed by atoms with Gasteiger partial charge in [0.25, 0.3) is 0 Å². The van der Waals surface area contributed by atoms with Gasteiger partial charge in [-0.25, -0.2) is 0 Å². The van der Waals surface area contributed by atoms with Crippen LogP contribution in [0.25, 0.3) is 16.5 Å². The van der Waals surface area contributed by atoms with E-state index in [1.807, 2.05) is 12.3 Å². The first-order valence-electron chi connectivity index (χ1n) is 10.2. The van der Waals surface area contributed by atoms with Crippen LogP contribution in [0.2, 0.25) is 18.6 Å². The second-order valence-corrected chi connectivity index (χ2v) is 13.7. The Balaban J connectivity index is 1.86. The maximum absolute atomic E-state index is 4.77. The fourth-order valence-electron chi connectivity index (χ4n) is 5.03. The molecule has 1 unspecified atom stereocenters. The Kier molecular flexibility index (Phi) is 4.84. The first-order chi connectivity index (χ1) is 13.4. The summed E-state index contributed by atoms with van der Waals surface area (Å²) in [6.45, 7) is 12.1. The average molecular weight is 384 g/mol.